The Morgan fingerprint density at radius 1 is 1.15 bits per heavy atom. The number of hydrogen-bond acceptors (Lipinski definition) is 4. The molecule has 2 N–H and O–H groups in total. The summed E-state index contributed by atoms with van der Waals surface area (Å²) in [6.45, 7) is 7.51. The number of nitrogens with zero attached hydrogens (tertiary/aromatic N) is 3. The number of aromatic carboxylic acids is 1. The van der Waals surface area contributed by atoms with Gasteiger partial charge in [-0.15, -0.1) is 0 Å². The number of aromatic nitrogens is 3. The molecular weight excluding hydrogens is 332 g/mol. The van der Waals surface area contributed by atoms with Crippen LogP contribution < -0.4 is 5.32 Å². The number of anilines is 1. The van der Waals surface area contributed by atoms with Gasteiger partial charge in [-0.25, -0.2) is 14.5 Å². The lowest BCUT2D eigenvalue weighted by Crippen LogP contribution is -2.15. The zero-order valence-electron chi connectivity index (χ0n) is 15.1. The molecule has 2 heterocycles. The lowest BCUT2D eigenvalue weighted by molar-refractivity contribution is 0.0695. The molecule has 1 aromatic carbocycles. The fraction of sp³-hybridized carbons (Fsp3) is 0.263. The zero-order valence-corrected chi connectivity index (χ0v) is 15.1. The highest BCUT2D eigenvalue weighted by Crippen LogP contribution is 2.21. The predicted octanol–water partition coefficient (Wildman–Crippen LogP) is 3.58. The molecule has 0 saturated heterocycles. The number of carbonyl (C=O) groups excluding carboxylic acids is 1. The van der Waals surface area contributed by atoms with Gasteiger partial charge in [0.2, 0.25) is 0 Å². The van der Waals surface area contributed by atoms with E-state index in [0.717, 1.165) is 11.0 Å². The second-order valence-electron chi connectivity index (χ2n) is 6.51. The highest BCUT2D eigenvalue weighted by atomic mass is 16.4. The van der Waals surface area contributed by atoms with Crippen molar-refractivity contribution >= 4 is 28.6 Å². The van der Waals surface area contributed by atoms with Gasteiger partial charge in [-0.05, 0) is 51.5 Å². The first-order valence-corrected chi connectivity index (χ1v) is 8.28. The second-order valence-corrected chi connectivity index (χ2v) is 6.51. The minimum absolute atomic E-state index is 0.159. The summed E-state index contributed by atoms with van der Waals surface area (Å²) < 4.78 is 1.81. The molecule has 0 aliphatic heterocycles. The van der Waals surface area contributed by atoms with E-state index in [4.69, 9.17) is 0 Å². The summed E-state index contributed by atoms with van der Waals surface area (Å²) in [5.74, 6) is -1.37. The zero-order chi connectivity index (χ0) is 19.0. The SMILES string of the molecule is Cc1ccc(NC(=O)c2cc3cnn(C(C)C)c3nc2C)cc1C(=O)O. The van der Waals surface area contributed by atoms with Crippen molar-refractivity contribution < 1.29 is 14.7 Å². The summed E-state index contributed by atoms with van der Waals surface area (Å²) in [6, 6.07) is 6.72. The topological polar surface area (TPSA) is 97.1 Å². The first-order chi connectivity index (χ1) is 12.3. The van der Waals surface area contributed by atoms with Gasteiger partial charge < -0.3 is 10.4 Å². The standard InChI is InChI=1S/C19H20N4O3/c1-10(2)23-17-13(9-20-23)7-16(12(4)21-17)18(24)22-14-6-5-11(3)15(8-14)19(25)26/h5-10H,1-4H3,(H,22,24)(H,25,26). The summed E-state index contributed by atoms with van der Waals surface area (Å²) >= 11 is 0. The van der Waals surface area contributed by atoms with Crippen LogP contribution in [0.25, 0.3) is 11.0 Å². The van der Waals surface area contributed by atoms with Crippen LogP contribution in [0.2, 0.25) is 0 Å². The number of carbonyl (C=O) groups is 2. The number of nitrogens with one attached hydrogen (secondary N) is 1. The van der Waals surface area contributed by atoms with Crippen molar-refractivity contribution in [3.8, 4) is 0 Å². The number of aryl methyl sites for hydroxylation is 2. The Hall–Kier alpha value is -3.22. The van der Waals surface area contributed by atoms with Gasteiger partial charge in [-0.2, -0.15) is 5.10 Å². The largest absolute Gasteiger partial charge is 0.478 e. The summed E-state index contributed by atoms with van der Waals surface area (Å²) in [5, 5.41) is 17.1. The Morgan fingerprint density at radius 3 is 2.54 bits per heavy atom. The molecule has 0 aliphatic rings. The van der Waals surface area contributed by atoms with Crippen LogP contribution in [0.4, 0.5) is 5.69 Å². The van der Waals surface area contributed by atoms with Crippen LogP contribution in [0.3, 0.4) is 0 Å². The molecule has 134 valence electrons. The van der Waals surface area contributed by atoms with Gasteiger partial charge in [0.25, 0.3) is 5.91 Å². The summed E-state index contributed by atoms with van der Waals surface area (Å²) in [4.78, 5) is 28.4. The lowest BCUT2D eigenvalue weighted by Gasteiger charge is -2.11. The molecule has 1 amide bonds. The van der Waals surface area contributed by atoms with Crippen molar-refractivity contribution in [2.75, 3.05) is 5.32 Å². The minimum Gasteiger partial charge on any atom is -0.478 e. The average Bonchev–Trinajstić information content (AvgIpc) is 2.98. The molecule has 3 aromatic rings. The minimum atomic E-state index is -1.03. The predicted molar refractivity (Wildman–Crippen MR) is 98.7 cm³/mol. The van der Waals surface area contributed by atoms with Crippen molar-refractivity contribution in [3.05, 3.63) is 52.8 Å². The monoisotopic (exact) mass is 352 g/mol. The van der Waals surface area contributed by atoms with Crippen LogP contribution in [-0.2, 0) is 0 Å². The van der Waals surface area contributed by atoms with Crippen LogP contribution in [-0.4, -0.2) is 31.7 Å². The first-order valence-electron chi connectivity index (χ1n) is 8.28. The molecule has 0 radical (unpaired) electrons. The molecule has 0 fully saturated rings. The quantitative estimate of drug-likeness (QED) is 0.748. The summed E-state index contributed by atoms with van der Waals surface area (Å²) in [5.41, 5.74) is 2.97. The Balaban J connectivity index is 1.94. The smallest absolute Gasteiger partial charge is 0.336 e. The van der Waals surface area contributed by atoms with Gasteiger partial charge in [0.05, 0.1) is 23.0 Å². The molecule has 0 unspecified atom stereocenters. The Morgan fingerprint density at radius 2 is 1.88 bits per heavy atom. The maximum atomic E-state index is 12.7. The van der Waals surface area contributed by atoms with Gasteiger partial charge in [-0.1, -0.05) is 6.07 Å². The third kappa shape index (κ3) is 3.15. The van der Waals surface area contributed by atoms with Gasteiger partial charge in [-0.3, -0.25) is 4.79 Å². The highest BCUT2D eigenvalue weighted by molar-refractivity contribution is 6.07. The number of hydrogen-bond donors (Lipinski definition) is 2. The summed E-state index contributed by atoms with van der Waals surface area (Å²) in [6.07, 6.45) is 1.69. The van der Waals surface area contributed by atoms with Crippen LogP contribution >= 0.6 is 0 Å². The fourth-order valence-corrected chi connectivity index (χ4v) is 2.80. The first kappa shape index (κ1) is 17.6. The maximum Gasteiger partial charge on any atom is 0.336 e. The fourth-order valence-electron chi connectivity index (χ4n) is 2.80. The van der Waals surface area contributed by atoms with Crippen LogP contribution in [0.1, 0.15) is 51.9 Å². The molecule has 7 heteroatoms. The number of pyridine rings is 1. The third-order valence-corrected chi connectivity index (χ3v) is 4.22. The summed E-state index contributed by atoms with van der Waals surface area (Å²) in [7, 11) is 0. The van der Waals surface area contributed by atoms with E-state index in [-0.39, 0.29) is 17.5 Å². The molecule has 7 nitrogen and oxygen atoms in total. The van der Waals surface area contributed by atoms with E-state index in [0.29, 0.717) is 22.5 Å². The van der Waals surface area contributed by atoms with Crippen molar-refractivity contribution in [1.82, 2.24) is 14.8 Å². The van der Waals surface area contributed by atoms with E-state index in [1.165, 1.54) is 6.07 Å². The van der Waals surface area contributed by atoms with Crippen molar-refractivity contribution in [3.63, 3.8) is 0 Å². The number of fused-ring (bicyclic) bond motifs is 1. The molecule has 0 bridgehead atoms. The third-order valence-electron chi connectivity index (χ3n) is 4.22. The van der Waals surface area contributed by atoms with Gasteiger partial charge in [0, 0.05) is 17.1 Å². The molecule has 26 heavy (non-hydrogen) atoms. The van der Waals surface area contributed by atoms with Gasteiger partial charge in [0.15, 0.2) is 5.65 Å². The normalized spacial score (nSPS) is 11.1. The number of benzene rings is 1. The van der Waals surface area contributed by atoms with Crippen LogP contribution in [0.5, 0.6) is 0 Å². The number of rotatable bonds is 4. The van der Waals surface area contributed by atoms with Gasteiger partial charge >= 0.3 is 5.97 Å². The number of amides is 1. The van der Waals surface area contributed by atoms with Crippen molar-refractivity contribution in [1.29, 1.82) is 0 Å². The van der Waals surface area contributed by atoms with E-state index >= 15 is 0 Å². The number of carboxylic acid groups (broad SMARTS) is 1. The molecular formula is C19H20N4O3. The van der Waals surface area contributed by atoms with E-state index in [1.807, 2.05) is 18.5 Å². The average molecular weight is 352 g/mol. The van der Waals surface area contributed by atoms with E-state index in [1.54, 1.807) is 38.2 Å². The molecule has 0 aliphatic carbocycles. The Kier molecular flexibility index (Phi) is 4.46. The Bertz CT molecular complexity index is 1020. The molecule has 2 aromatic heterocycles. The molecule has 0 saturated carbocycles. The maximum absolute atomic E-state index is 12.7. The van der Waals surface area contributed by atoms with Crippen molar-refractivity contribution in [2.24, 2.45) is 0 Å². The molecule has 3 rings (SSSR count). The number of carboxylic acids is 1. The Labute approximate surface area is 150 Å². The van der Waals surface area contributed by atoms with E-state index < -0.39 is 5.97 Å². The second kappa shape index (κ2) is 6.59. The molecule has 0 spiro atoms. The van der Waals surface area contributed by atoms with E-state index in [9.17, 15) is 14.7 Å². The van der Waals surface area contributed by atoms with Crippen molar-refractivity contribution in [2.45, 2.75) is 33.7 Å². The van der Waals surface area contributed by atoms with Crippen LogP contribution in [0.15, 0.2) is 30.5 Å². The lowest BCUT2D eigenvalue weighted by atomic mass is 10.1. The van der Waals surface area contributed by atoms with Crippen LogP contribution in [0, 0.1) is 13.8 Å². The van der Waals surface area contributed by atoms with Gasteiger partial charge in [0.1, 0.15) is 0 Å². The highest BCUT2D eigenvalue weighted by Gasteiger charge is 2.16. The van der Waals surface area contributed by atoms with E-state index in [2.05, 4.69) is 15.4 Å². The molecule has 0 atom stereocenters.